The average molecular weight is 311 g/mol. The molecule has 1 aromatic rings. The van der Waals surface area contributed by atoms with Crippen LogP contribution < -0.4 is 5.73 Å². The lowest BCUT2D eigenvalue weighted by Gasteiger charge is -2.07. The molecule has 1 amide bonds. The highest BCUT2D eigenvalue weighted by Gasteiger charge is 2.03. The third-order valence-corrected chi connectivity index (χ3v) is 2.45. The molecule has 122 valence electrons. The topological polar surface area (TPSA) is 97.1 Å². The highest BCUT2D eigenvalue weighted by atomic mass is 16.6. The number of esters is 1. The summed E-state index contributed by atoms with van der Waals surface area (Å²) in [5.74, 6) is -0.939. The van der Waals surface area contributed by atoms with E-state index in [4.69, 9.17) is 24.7 Å². The maximum absolute atomic E-state index is 11.4. The number of primary amides is 1. The van der Waals surface area contributed by atoms with Crippen molar-refractivity contribution in [3.05, 3.63) is 35.9 Å². The van der Waals surface area contributed by atoms with Crippen molar-refractivity contribution >= 4 is 11.9 Å². The summed E-state index contributed by atoms with van der Waals surface area (Å²) in [6.45, 7) is 1.21. The van der Waals surface area contributed by atoms with E-state index in [0.29, 0.717) is 13.2 Å². The Morgan fingerprint density at radius 3 is 2.09 bits per heavy atom. The zero-order valence-corrected chi connectivity index (χ0v) is 12.4. The van der Waals surface area contributed by atoms with Crippen LogP contribution in [0.3, 0.4) is 0 Å². The van der Waals surface area contributed by atoms with E-state index in [-0.39, 0.29) is 33.0 Å². The van der Waals surface area contributed by atoms with Crippen molar-refractivity contribution in [2.45, 2.75) is 6.61 Å². The number of benzene rings is 1. The van der Waals surface area contributed by atoms with Gasteiger partial charge >= 0.3 is 5.97 Å². The summed E-state index contributed by atoms with van der Waals surface area (Å²) in [6.07, 6.45) is 0. The monoisotopic (exact) mass is 311 g/mol. The van der Waals surface area contributed by atoms with Crippen molar-refractivity contribution < 1.29 is 28.5 Å². The quantitative estimate of drug-likeness (QED) is 0.439. The molecular weight excluding hydrogens is 290 g/mol. The summed E-state index contributed by atoms with van der Waals surface area (Å²) < 4.78 is 20.2. The molecule has 22 heavy (non-hydrogen) atoms. The fourth-order valence-electron chi connectivity index (χ4n) is 1.45. The first-order chi connectivity index (χ1) is 10.7. The molecule has 1 aromatic carbocycles. The Kier molecular flexibility index (Phi) is 9.60. The fourth-order valence-corrected chi connectivity index (χ4v) is 1.45. The maximum atomic E-state index is 11.4. The number of carbonyl (C=O) groups excluding carboxylic acids is 2. The van der Waals surface area contributed by atoms with E-state index in [1.165, 1.54) is 0 Å². The number of nitrogens with two attached hydrogens (primary N) is 1. The molecule has 0 aliphatic heterocycles. The van der Waals surface area contributed by atoms with Crippen molar-refractivity contribution in [3.8, 4) is 0 Å². The van der Waals surface area contributed by atoms with Crippen LogP contribution in [0.5, 0.6) is 0 Å². The molecule has 0 spiro atoms. The Morgan fingerprint density at radius 1 is 0.864 bits per heavy atom. The molecule has 0 aromatic heterocycles. The molecule has 0 heterocycles. The minimum absolute atomic E-state index is 0.117. The molecule has 0 aliphatic rings. The molecule has 0 bridgehead atoms. The van der Waals surface area contributed by atoms with Gasteiger partial charge in [-0.05, 0) is 5.56 Å². The van der Waals surface area contributed by atoms with Gasteiger partial charge in [0.25, 0.3) is 0 Å². The number of ether oxygens (including phenoxy) is 4. The van der Waals surface area contributed by atoms with Crippen molar-refractivity contribution in [2.75, 3.05) is 39.6 Å². The van der Waals surface area contributed by atoms with Crippen molar-refractivity contribution in [1.29, 1.82) is 0 Å². The summed E-state index contributed by atoms with van der Waals surface area (Å²) in [5.41, 5.74) is 5.82. The molecule has 7 nitrogen and oxygen atoms in total. The molecule has 0 saturated carbocycles. The number of hydrogen-bond acceptors (Lipinski definition) is 6. The Hall–Kier alpha value is -1.96. The Balaban J connectivity index is 1.89. The van der Waals surface area contributed by atoms with Crippen LogP contribution in [0.25, 0.3) is 0 Å². The van der Waals surface area contributed by atoms with E-state index in [9.17, 15) is 9.59 Å². The lowest BCUT2D eigenvalue weighted by atomic mass is 10.2. The second-order valence-corrected chi connectivity index (χ2v) is 4.33. The van der Waals surface area contributed by atoms with Crippen LogP contribution >= 0.6 is 0 Å². The summed E-state index contributed by atoms with van der Waals surface area (Å²) in [5, 5.41) is 0. The van der Waals surface area contributed by atoms with Crippen molar-refractivity contribution in [1.82, 2.24) is 0 Å². The second-order valence-electron chi connectivity index (χ2n) is 4.33. The van der Waals surface area contributed by atoms with Crippen molar-refractivity contribution in [2.24, 2.45) is 5.73 Å². The molecule has 0 aliphatic carbocycles. The van der Waals surface area contributed by atoms with Gasteiger partial charge in [0.2, 0.25) is 5.91 Å². The van der Waals surface area contributed by atoms with E-state index in [0.717, 1.165) is 5.56 Å². The number of amides is 1. The van der Waals surface area contributed by atoms with Gasteiger partial charge in [-0.25, -0.2) is 4.79 Å². The van der Waals surface area contributed by atoms with Crippen molar-refractivity contribution in [3.63, 3.8) is 0 Å². The predicted molar refractivity (Wildman–Crippen MR) is 77.9 cm³/mol. The van der Waals surface area contributed by atoms with Gasteiger partial charge < -0.3 is 24.7 Å². The first kappa shape index (κ1) is 18.1. The molecule has 0 saturated heterocycles. The Morgan fingerprint density at radius 2 is 1.45 bits per heavy atom. The summed E-state index contributed by atoms with van der Waals surface area (Å²) in [7, 11) is 0. The SMILES string of the molecule is NC(=O)COCCOCCOCC(=O)OCc1ccccc1. The molecule has 1 rings (SSSR count). The van der Waals surface area contributed by atoms with E-state index < -0.39 is 11.9 Å². The second kappa shape index (κ2) is 11.7. The zero-order chi connectivity index (χ0) is 16.0. The normalized spacial score (nSPS) is 10.4. The standard InChI is InChI=1S/C15H21NO6/c16-14(17)11-20-8-6-19-7-9-21-12-15(18)22-10-13-4-2-1-3-5-13/h1-5H,6-12H2,(H2,16,17). The molecule has 0 radical (unpaired) electrons. The number of hydrogen-bond donors (Lipinski definition) is 1. The van der Waals surface area contributed by atoms with Crippen LogP contribution in [0, 0.1) is 0 Å². The Labute approximate surface area is 129 Å². The molecular formula is C15H21NO6. The highest BCUT2D eigenvalue weighted by molar-refractivity contribution is 5.74. The van der Waals surface area contributed by atoms with Crippen LogP contribution in [-0.4, -0.2) is 51.5 Å². The van der Waals surface area contributed by atoms with E-state index in [2.05, 4.69) is 0 Å². The number of rotatable bonds is 12. The zero-order valence-electron chi connectivity index (χ0n) is 12.4. The van der Waals surface area contributed by atoms with Crippen LogP contribution in [0.4, 0.5) is 0 Å². The molecule has 7 heteroatoms. The molecule has 0 atom stereocenters. The van der Waals surface area contributed by atoms with Gasteiger partial charge in [-0.1, -0.05) is 30.3 Å². The average Bonchev–Trinajstić information content (AvgIpc) is 2.52. The summed E-state index contributed by atoms with van der Waals surface area (Å²) in [4.78, 5) is 21.8. The first-order valence-electron chi connectivity index (χ1n) is 6.89. The van der Waals surface area contributed by atoms with E-state index >= 15 is 0 Å². The van der Waals surface area contributed by atoms with Gasteiger partial charge in [-0.2, -0.15) is 0 Å². The van der Waals surface area contributed by atoms with Gasteiger partial charge in [0, 0.05) is 0 Å². The lowest BCUT2D eigenvalue weighted by Crippen LogP contribution is -2.20. The number of carbonyl (C=O) groups is 2. The van der Waals surface area contributed by atoms with Crippen LogP contribution in [0.15, 0.2) is 30.3 Å². The largest absolute Gasteiger partial charge is 0.459 e. The van der Waals surface area contributed by atoms with E-state index in [1.54, 1.807) is 0 Å². The minimum Gasteiger partial charge on any atom is -0.459 e. The van der Waals surface area contributed by atoms with Crippen LogP contribution in [0.1, 0.15) is 5.56 Å². The lowest BCUT2D eigenvalue weighted by molar-refractivity contribution is -0.150. The van der Waals surface area contributed by atoms with Crippen LogP contribution in [0.2, 0.25) is 0 Å². The van der Waals surface area contributed by atoms with Gasteiger partial charge in [0.1, 0.15) is 19.8 Å². The molecule has 0 fully saturated rings. The maximum Gasteiger partial charge on any atom is 0.332 e. The smallest absolute Gasteiger partial charge is 0.332 e. The van der Waals surface area contributed by atoms with Gasteiger partial charge in [-0.3, -0.25) is 4.79 Å². The van der Waals surface area contributed by atoms with Crippen LogP contribution in [-0.2, 0) is 35.1 Å². The Bertz CT molecular complexity index is 437. The highest BCUT2D eigenvalue weighted by Crippen LogP contribution is 2.00. The van der Waals surface area contributed by atoms with Gasteiger partial charge in [0.15, 0.2) is 0 Å². The summed E-state index contributed by atoms with van der Waals surface area (Å²) >= 11 is 0. The van der Waals surface area contributed by atoms with E-state index in [1.807, 2.05) is 30.3 Å². The van der Waals surface area contributed by atoms with Gasteiger partial charge in [0.05, 0.1) is 26.4 Å². The summed E-state index contributed by atoms with van der Waals surface area (Å²) in [6, 6.07) is 9.41. The minimum atomic E-state index is -0.516. The molecule has 2 N–H and O–H groups in total. The third-order valence-electron chi connectivity index (χ3n) is 2.45. The first-order valence-corrected chi connectivity index (χ1v) is 6.89. The predicted octanol–water partition coefficient (Wildman–Crippen LogP) is 0.265. The van der Waals surface area contributed by atoms with Gasteiger partial charge in [-0.15, -0.1) is 0 Å². The third kappa shape index (κ3) is 9.87. The fraction of sp³-hybridized carbons (Fsp3) is 0.467. The molecule has 0 unspecified atom stereocenters.